The van der Waals surface area contributed by atoms with Crippen molar-refractivity contribution in [2.45, 2.75) is 172 Å². The Morgan fingerprint density at radius 2 is 0.971 bits per heavy atom. The van der Waals surface area contributed by atoms with Gasteiger partial charge in [-0.3, -0.25) is 4.79 Å². The molecule has 6 aliphatic carbocycles. The Kier molecular flexibility index (Phi) is 9.26. The van der Waals surface area contributed by atoms with Crippen LogP contribution in [0.3, 0.4) is 0 Å². The topological polar surface area (TPSA) is 29.1 Å². The van der Waals surface area contributed by atoms with Crippen LogP contribution in [-0.4, -0.2) is 18.6 Å². The standard InChI is InChI=1S/C32H56BNO/c35-30(33-29-21-11-7-2-1-3-8-12-22-29)34-32-23-31(24-32,25-32)28-19-13-17-27(18-14-20-28)26-15-9-5-4-6-10-16-26/h26-29,33H,1-25H2,(H,34,35). The molecule has 0 aromatic heterocycles. The molecule has 0 saturated heterocycles. The fraction of sp³-hybridized carbons (Fsp3) is 0.969. The van der Waals surface area contributed by atoms with Crippen molar-refractivity contribution in [1.29, 1.82) is 0 Å². The second-order valence-corrected chi connectivity index (χ2v) is 14.3. The molecule has 1 N–H and O–H groups in total. The molecule has 0 aromatic rings. The van der Waals surface area contributed by atoms with Gasteiger partial charge < -0.3 is 5.32 Å². The van der Waals surface area contributed by atoms with Gasteiger partial charge in [-0.15, -0.1) is 0 Å². The monoisotopic (exact) mass is 481 g/mol. The minimum Gasteiger partial charge on any atom is -0.360 e. The maximum absolute atomic E-state index is 13.0. The Morgan fingerprint density at radius 3 is 1.49 bits per heavy atom. The van der Waals surface area contributed by atoms with E-state index in [2.05, 4.69) is 5.32 Å². The Labute approximate surface area is 218 Å². The van der Waals surface area contributed by atoms with E-state index in [1.807, 2.05) is 0 Å². The van der Waals surface area contributed by atoms with Crippen LogP contribution in [0, 0.1) is 23.2 Å². The van der Waals surface area contributed by atoms with Crippen LogP contribution in [0.2, 0.25) is 5.82 Å². The largest absolute Gasteiger partial charge is 0.360 e. The molecule has 6 rings (SSSR count). The molecule has 0 aromatic carbocycles. The second kappa shape index (κ2) is 12.4. The van der Waals surface area contributed by atoms with Crippen molar-refractivity contribution in [3.05, 3.63) is 0 Å². The summed E-state index contributed by atoms with van der Waals surface area (Å²) in [4.78, 5) is 13.0. The maximum atomic E-state index is 13.0. The van der Waals surface area contributed by atoms with Crippen molar-refractivity contribution in [3.63, 3.8) is 0 Å². The van der Waals surface area contributed by atoms with Gasteiger partial charge in [-0.25, -0.2) is 0 Å². The lowest BCUT2D eigenvalue weighted by Gasteiger charge is -2.74. The van der Waals surface area contributed by atoms with Crippen LogP contribution in [0.25, 0.3) is 0 Å². The van der Waals surface area contributed by atoms with Gasteiger partial charge in [-0.2, -0.15) is 0 Å². The Morgan fingerprint density at radius 1 is 0.543 bits per heavy atom. The second-order valence-electron chi connectivity index (χ2n) is 14.3. The van der Waals surface area contributed by atoms with Crippen molar-refractivity contribution < 1.29 is 4.79 Å². The molecule has 6 aliphatic rings. The van der Waals surface area contributed by atoms with Crippen LogP contribution in [0.1, 0.15) is 161 Å². The molecule has 2 bridgehead atoms. The van der Waals surface area contributed by atoms with E-state index in [0.29, 0.717) is 17.0 Å². The van der Waals surface area contributed by atoms with Crippen LogP contribution in [0.15, 0.2) is 0 Å². The van der Waals surface area contributed by atoms with E-state index >= 15 is 0 Å². The Balaban J connectivity index is 1.03. The van der Waals surface area contributed by atoms with Gasteiger partial charge >= 0.3 is 0 Å². The van der Waals surface area contributed by atoms with Crippen LogP contribution in [0.4, 0.5) is 4.79 Å². The number of nitrogens with one attached hydrogen (secondary N) is 1. The molecule has 0 heterocycles. The van der Waals surface area contributed by atoms with Crippen molar-refractivity contribution in [2.24, 2.45) is 23.2 Å². The Bertz CT molecular complexity index is 629. The average Bonchev–Trinajstić information content (AvgIpc) is 2.75. The van der Waals surface area contributed by atoms with Crippen LogP contribution < -0.4 is 5.32 Å². The summed E-state index contributed by atoms with van der Waals surface area (Å²) in [5, 5.41) is 3.58. The molecule has 1 amide bonds. The minimum atomic E-state index is 0.219. The molecule has 0 radical (unpaired) electrons. The zero-order chi connectivity index (χ0) is 24.0. The third kappa shape index (κ3) is 6.70. The van der Waals surface area contributed by atoms with Gasteiger partial charge in [-0.1, -0.05) is 134 Å². The SMILES string of the molecule is O=C(BC1CCCCCCCCC1)NC12CC(C3CCCC(C4CCCCCCC4)CCC3)(C1)C2. The minimum absolute atomic E-state index is 0.219. The zero-order valence-electron chi connectivity index (χ0n) is 23.1. The molecule has 6 saturated carbocycles. The number of carbonyl (C=O) groups is 1. The highest BCUT2D eigenvalue weighted by Gasteiger charge is 2.70. The van der Waals surface area contributed by atoms with Gasteiger partial charge in [0.1, 0.15) is 0 Å². The fourth-order valence-electron chi connectivity index (χ4n) is 9.72. The van der Waals surface area contributed by atoms with Gasteiger partial charge in [0.2, 0.25) is 7.28 Å². The Hall–Kier alpha value is -0.465. The lowest BCUT2D eigenvalue weighted by molar-refractivity contribution is -0.188. The van der Waals surface area contributed by atoms with Crippen molar-refractivity contribution in [3.8, 4) is 0 Å². The first-order valence-electron chi connectivity index (χ1n) is 16.5. The molecule has 198 valence electrons. The molecular formula is C32H56BNO. The first-order chi connectivity index (χ1) is 17.2. The predicted molar refractivity (Wildman–Crippen MR) is 150 cm³/mol. The van der Waals surface area contributed by atoms with E-state index in [1.54, 1.807) is 0 Å². The van der Waals surface area contributed by atoms with E-state index in [1.165, 1.54) is 161 Å². The summed E-state index contributed by atoms with van der Waals surface area (Å²) in [7, 11) is 0.806. The van der Waals surface area contributed by atoms with Gasteiger partial charge in [0.25, 0.3) is 0 Å². The summed E-state index contributed by atoms with van der Waals surface area (Å²) < 4.78 is 0. The van der Waals surface area contributed by atoms with Crippen LogP contribution in [0.5, 0.6) is 0 Å². The molecule has 0 atom stereocenters. The van der Waals surface area contributed by atoms with Gasteiger partial charge in [0.15, 0.2) is 5.81 Å². The lowest BCUT2D eigenvalue weighted by atomic mass is 9.34. The van der Waals surface area contributed by atoms with Crippen LogP contribution >= 0.6 is 0 Å². The average molecular weight is 482 g/mol. The van der Waals surface area contributed by atoms with Gasteiger partial charge in [-0.05, 0) is 55.3 Å². The molecule has 0 unspecified atom stereocenters. The first-order valence-corrected chi connectivity index (χ1v) is 16.5. The fourth-order valence-corrected chi connectivity index (χ4v) is 9.72. The van der Waals surface area contributed by atoms with E-state index < -0.39 is 0 Å². The van der Waals surface area contributed by atoms with Gasteiger partial charge in [0.05, 0.1) is 0 Å². The van der Waals surface area contributed by atoms with E-state index in [-0.39, 0.29) is 5.54 Å². The molecule has 6 fully saturated rings. The quantitative estimate of drug-likeness (QED) is 0.389. The van der Waals surface area contributed by atoms with Crippen molar-refractivity contribution in [2.75, 3.05) is 0 Å². The summed E-state index contributed by atoms with van der Waals surface area (Å²) in [5.74, 6) is 4.07. The zero-order valence-corrected chi connectivity index (χ0v) is 23.1. The molecule has 3 heteroatoms. The lowest BCUT2D eigenvalue weighted by Crippen LogP contribution is -2.76. The summed E-state index contributed by atoms with van der Waals surface area (Å²) >= 11 is 0. The smallest absolute Gasteiger partial charge is 0.237 e. The summed E-state index contributed by atoms with van der Waals surface area (Å²) in [6, 6.07) is 0. The maximum Gasteiger partial charge on any atom is 0.237 e. The molecular weight excluding hydrogens is 425 g/mol. The predicted octanol–water partition coefficient (Wildman–Crippen LogP) is 9.32. The molecule has 0 spiro atoms. The molecule has 0 aliphatic heterocycles. The van der Waals surface area contributed by atoms with Crippen molar-refractivity contribution in [1.82, 2.24) is 5.32 Å². The molecule has 35 heavy (non-hydrogen) atoms. The third-order valence-corrected chi connectivity index (χ3v) is 11.6. The van der Waals surface area contributed by atoms with Crippen molar-refractivity contribution >= 4 is 13.1 Å². The number of amides is 1. The third-order valence-electron chi connectivity index (χ3n) is 11.6. The summed E-state index contributed by atoms with van der Waals surface area (Å²) in [6.07, 6.45) is 35.7. The highest BCUT2D eigenvalue weighted by molar-refractivity contribution is 6.74. The normalized spacial score (nSPS) is 38.4. The molecule has 2 nitrogen and oxygen atoms in total. The summed E-state index contributed by atoms with van der Waals surface area (Å²) in [6.45, 7) is 0. The van der Waals surface area contributed by atoms with Gasteiger partial charge in [0, 0.05) is 5.54 Å². The first kappa shape index (κ1) is 26.2. The van der Waals surface area contributed by atoms with E-state index in [9.17, 15) is 4.79 Å². The van der Waals surface area contributed by atoms with Crippen LogP contribution in [-0.2, 0) is 0 Å². The number of hydrogen-bond donors (Lipinski definition) is 1. The number of rotatable bonds is 5. The highest BCUT2D eigenvalue weighted by atomic mass is 16.1. The van der Waals surface area contributed by atoms with E-state index in [0.717, 1.165) is 25.0 Å². The highest BCUT2D eigenvalue weighted by Crippen LogP contribution is 2.72. The number of hydrogen-bond acceptors (Lipinski definition) is 1. The summed E-state index contributed by atoms with van der Waals surface area (Å²) in [5.41, 5.74) is 0.841. The van der Waals surface area contributed by atoms with E-state index in [4.69, 9.17) is 0 Å². The number of carbonyl (C=O) groups excluding carboxylic acids is 1.